The van der Waals surface area contributed by atoms with E-state index < -0.39 is 0 Å². The van der Waals surface area contributed by atoms with Crippen LogP contribution in [-0.4, -0.2) is 50.1 Å². The van der Waals surface area contributed by atoms with Crippen molar-refractivity contribution in [3.05, 3.63) is 30.1 Å². The van der Waals surface area contributed by atoms with Crippen molar-refractivity contribution in [2.75, 3.05) is 44.2 Å². The second kappa shape index (κ2) is 7.33. The summed E-state index contributed by atoms with van der Waals surface area (Å²) in [6, 6.07) is 7.02. The van der Waals surface area contributed by atoms with Gasteiger partial charge in [0.25, 0.3) is 0 Å². The first-order valence-corrected chi connectivity index (χ1v) is 11.1. The third kappa shape index (κ3) is 3.42. The molecular formula is C23H32FN3O. The van der Waals surface area contributed by atoms with Gasteiger partial charge in [0.15, 0.2) is 0 Å². The van der Waals surface area contributed by atoms with E-state index in [4.69, 9.17) is 0 Å². The van der Waals surface area contributed by atoms with E-state index >= 15 is 0 Å². The maximum Gasteiger partial charge on any atom is 0.226 e. The monoisotopic (exact) mass is 385 g/mol. The smallest absolute Gasteiger partial charge is 0.226 e. The quantitative estimate of drug-likeness (QED) is 0.845. The highest BCUT2D eigenvalue weighted by molar-refractivity contribution is 5.83. The third-order valence-electron chi connectivity index (χ3n) is 7.80. The standard InChI is InChI=1S/C23H32FN3O/c24-20-3-1-2-4-21(20)27-9-7-26(8-10-27)6-5-25-22(28)23-14-17-11-18(15-23)13-19(12-17)16-23/h1-4,17-19H,5-16H2,(H,25,28). The summed E-state index contributed by atoms with van der Waals surface area (Å²) < 4.78 is 14.0. The lowest BCUT2D eigenvalue weighted by Gasteiger charge is -2.55. The molecule has 1 saturated heterocycles. The normalized spacial score (nSPS) is 34.6. The van der Waals surface area contributed by atoms with Crippen LogP contribution in [0, 0.1) is 29.0 Å². The Labute approximate surface area is 167 Å². The number of rotatable bonds is 5. The van der Waals surface area contributed by atoms with Gasteiger partial charge in [0.05, 0.1) is 5.69 Å². The molecule has 5 aliphatic rings. The molecule has 5 fully saturated rings. The van der Waals surface area contributed by atoms with Gasteiger partial charge in [-0.05, 0) is 68.4 Å². The lowest BCUT2D eigenvalue weighted by atomic mass is 9.49. The van der Waals surface area contributed by atoms with E-state index in [9.17, 15) is 9.18 Å². The molecule has 1 aromatic rings. The Bertz CT molecular complexity index is 693. The number of hydrogen-bond donors (Lipinski definition) is 1. The molecule has 1 N–H and O–H groups in total. The van der Waals surface area contributed by atoms with Crippen LogP contribution >= 0.6 is 0 Å². The number of nitrogens with zero attached hydrogens (tertiary/aromatic N) is 2. The summed E-state index contributed by atoms with van der Waals surface area (Å²) in [5, 5.41) is 3.28. The Morgan fingerprint density at radius 3 is 2.21 bits per heavy atom. The molecule has 5 heteroatoms. The number of para-hydroxylation sites is 1. The summed E-state index contributed by atoms with van der Waals surface area (Å²) in [4.78, 5) is 17.5. The maximum atomic E-state index is 14.0. The van der Waals surface area contributed by atoms with Gasteiger partial charge >= 0.3 is 0 Å². The van der Waals surface area contributed by atoms with Crippen molar-refractivity contribution in [3.8, 4) is 0 Å². The number of benzene rings is 1. The molecule has 28 heavy (non-hydrogen) atoms. The van der Waals surface area contributed by atoms with Crippen molar-refractivity contribution in [2.45, 2.75) is 38.5 Å². The Morgan fingerprint density at radius 2 is 1.61 bits per heavy atom. The molecule has 4 nitrogen and oxygen atoms in total. The number of amides is 1. The van der Waals surface area contributed by atoms with Crippen LogP contribution in [0.3, 0.4) is 0 Å². The van der Waals surface area contributed by atoms with E-state index in [1.807, 2.05) is 12.1 Å². The summed E-state index contributed by atoms with van der Waals surface area (Å²) in [6.07, 6.45) is 7.51. The average Bonchev–Trinajstić information content (AvgIpc) is 2.68. The first-order valence-electron chi connectivity index (χ1n) is 11.1. The van der Waals surface area contributed by atoms with Gasteiger partial charge in [-0.2, -0.15) is 0 Å². The summed E-state index contributed by atoms with van der Waals surface area (Å²) >= 11 is 0. The van der Waals surface area contributed by atoms with Crippen molar-refractivity contribution in [3.63, 3.8) is 0 Å². The van der Waals surface area contributed by atoms with Gasteiger partial charge in [-0.1, -0.05) is 12.1 Å². The van der Waals surface area contributed by atoms with E-state index in [0.717, 1.165) is 76.3 Å². The van der Waals surface area contributed by atoms with E-state index in [1.54, 1.807) is 6.07 Å². The number of carbonyl (C=O) groups excluding carboxylic acids is 1. The van der Waals surface area contributed by atoms with Gasteiger partial charge in [0.1, 0.15) is 5.82 Å². The highest BCUT2D eigenvalue weighted by Gasteiger charge is 2.54. The van der Waals surface area contributed by atoms with Crippen LogP contribution in [0.15, 0.2) is 24.3 Å². The molecule has 1 heterocycles. The van der Waals surface area contributed by atoms with E-state index in [2.05, 4.69) is 15.1 Å². The highest BCUT2D eigenvalue weighted by Crippen LogP contribution is 2.60. The van der Waals surface area contributed by atoms with Crippen LogP contribution in [0.5, 0.6) is 0 Å². The Morgan fingerprint density at radius 1 is 1.00 bits per heavy atom. The van der Waals surface area contributed by atoms with Gasteiger partial charge < -0.3 is 10.2 Å². The third-order valence-corrected chi connectivity index (χ3v) is 7.80. The minimum atomic E-state index is -0.140. The summed E-state index contributed by atoms with van der Waals surface area (Å²) in [6.45, 7) is 5.14. The second-order valence-electron chi connectivity index (χ2n) is 9.73. The fourth-order valence-electron chi connectivity index (χ4n) is 6.82. The molecule has 0 unspecified atom stereocenters. The molecular weight excluding hydrogens is 353 g/mol. The predicted molar refractivity (Wildman–Crippen MR) is 109 cm³/mol. The minimum Gasteiger partial charge on any atom is -0.367 e. The van der Waals surface area contributed by atoms with Crippen molar-refractivity contribution < 1.29 is 9.18 Å². The fraction of sp³-hybridized carbons (Fsp3) is 0.696. The predicted octanol–water partition coefficient (Wildman–Crippen LogP) is 3.28. The van der Waals surface area contributed by atoms with Gasteiger partial charge in [-0.15, -0.1) is 0 Å². The van der Waals surface area contributed by atoms with Gasteiger partial charge in [0, 0.05) is 44.7 Å². The average molecular weight is 386 g/mol. The SMILES string of the molecule is O=C(NCCN1CCN(c2ccccc2F)CC1)C12CC3CC(CC(C3)C1)C2. The van der Waals surface area contributed by atoms with E-state index in [0.29, 0.717) is 11.6 Å². The van der Waals surface area contributed by atoms with Crippen molar-refractivity contribution in [2.24, 2.45) is 23.2 Å². The molecule has 4 aliphatic carbocycles. The summed E-state index contributed by atoms with van der Waals surface area (Å²) in [7, 11) is 0. The maximum absolute atomic E-state index is 14.0. The lowest BCUT2D eigenvalue weighted by Crippen LogP contribution is -2.54. The number of halogens is 1. The molecule has 152 valence electrons. The van der Waals surface area contributed by atoms with E-state index in [1.165, 1.54) is 25.3 Å². The molecule has 6 rings (SSSR count). The molecule has 1 aromatic carbocycles. The Kier molecular flexibility index (Phi) is 4.82. The minimum absolute atomic E-state index is 0.0434. The van der Waals surface area contributed by atoms with Crippen LogP contribution in [0.1, 0.15) is 38.5 Å². The van der Waals surface area contributed by atoms with Crippen LogP contribution in [0.4, 0.5) is 10.1 Å². The zero-order chi connectivity index (χ0) is 19.1. The van der Waals surface area contributed by atoms with Crippen molar-refractivity contribution >= 4 is 11.6 Å². The van der Waals surface area contributed by atoms with Crippen LogP contribution in [0.2, 0.25) is 0 Å². The molecule has 0 radical (unpaired) electrons. The van der Waals surface area contributed by atoms with Gasteiger partial charge in [0.2, 0.25) is 5.91 Å². The number of piperazine rings is 1. The summed E-state index contributed by atoms with van der Waals surface area (Å²) in [5.74, 6) is 2.62. The topological polar surface area (TPSA) is 35.6 Å². The first-order chi connectivity index (χ1) is 13.6. The largest absolute Gasteiger partial charge is 0.367 e. The fourth-order valence-corrected chi connectivity index (χ4v) is 6.82. The van der Waals surface area contributed by atoms with E-state index in [-0.39, 0.29) is 11.2 Å². The molecule has 0 atom stereocenters. The molecule has 1 aliphatic heterocycles. The lowest BCUT2D eigenvalue weighted by molar-refractivity contribution is -0.146. The van der Waals surface area contributed by atoms with Crippen LogP contribution in [0.25, 0.3) is 0 Å². The van der Waals surface area contributed by atoms with Gasteiger partial charge in [-0.3, -0.25) is 9.69 Å². The zero-order valence-electron chi connectivity index (χ0n) is 16.7. The first kappa shape index (κ1) is 18.4. The van der Waals surface area contributed by atoms with Crippen LogP contribution < -0.4 is 10.2 Å². The van der Waals surface area contributed by atoms with Crippen molar-refractivity contribution in [1.29, 1.82) is 0 Å². The van der Waals surface area contributed by atoms with Gasteiger partial charge in [-0.25, -0.2) is 4.39 Å². The molecule has 4 saturated carbocycles. The highest BCUT2D eigenvalue weighted by atomic mass is 19.1. The number of carbonyl (C=O) groups is 1. The number of nitrogens with one attached hydrogen (secondary N) is 1. The number of hydrogen-bond acceptors (Lipinski definition) is 3. The number of anilines is 1. The van der Waals surface area contributed by atoms with Crippen LogP contribution in [-0.2, 0) is 4.79 Å². The molecule has 4 bridgehead atoms. The molecule has 0 spiro atoms. The molecule has 0 aromatic heterocycles. The molecule has 1 amide bonds. The Balaban J connectivity index is 1.09. The Hall–Kier alpha value is -1.62. The zero-order valence-corrected chi connectivity index (χ0v) is 16.7. The summed E-state index contributed by atoms with van der Waals surface area (Å²) in [5.41, 5.74) is 0.662. The van der Waals surface area contributed by atoms with Crippen molar-refractivity contribution in [1.82, 2.24) is 10.2 Å². The second-order valence-corrected chi connectivity index (χ2v) is 9.73.